The molecular weight excluding hydrogens is 238 g/mol. The average molecular weight is 257 g/mol. The summed E-state index contributed by atoms with van der Waals surface area (Å²) in [5.74, 6) is 0.110. The Labute approximate surface area is 103 Å². The van der Waals surface area contributed by atoms with Gasteiger partial charge < -0.3 is 10.4 Å². The largest absolute Gasteiger partial charge is 0.396 e. The summed E-state index contributed by atoms with van der Waals surface area (Å²) in [6.07, 6.45) is 0.608. The molecule has 1 rings (SSSR count). The summed E-state index contributed by atoms with van der Waals surface area (Å²) in [5.41, 5.74) is 0.983. The fourth-order valence-corrected chi connectivity index (χ4v) is 2.56. The van der Waals surface area contributed by atoms with Crippen molar-refractivity contribution >= 4 is 9.84 Å². The molecule has 2 N–H and O–H groups in total. The standard InChI is InChI=1S/C12H19NO3S/c1-3-17(15,16)11-6-4-10(5-7-11)12(13-2)8-9-14/h4-7,12-14H,3,8-9H2,1-2H3. The van der Waals surface area contributed by atoms with Crippen LogP contribution in [-0.2, 0) is 9.84 Å². The van der Waals surface area contributed by atoms with Crippen molar-refractivity contribution in [1.82, 2.24) is 5.32 Å². The molecule has 0 amide bonds. The fraction of sp³-hybridized carbons (Fsp3) is 0.500. The van der Waals surface area contributed by atoms with E-state index in [1.54, 1.807) is 31.2 Å². The van der Waals surface area contributed by atoms with Gasteiger partial charge in [-0.05, 0) is 31.2 Å². The Morgan fingerprint density at radius 3 is 2.29 bits per heavy atom. The monoisotopic (exact) mass is 257 g/mol. The highest BCUT2D eigenvalue weighted by Gasteiger charge is 2.13. The zero-order chi connectivity index (χ0) is 12.9. The molecule has 0 radical (unpaired) electrons. The molecule has 17 heavy (non-hydrogen) atoms. The van der Waals surface area contributed by atoms with Crippen LogP contribution in [0, 0.1) is 0 Å². The highest BCUT2D eigenvalue weighted by molar-refractivity contribution is 7.91. The topological polar surface area (TPSA) is 66.4 Å². The first kappa shape index (κ1) is 14.2. The maximum absolute atomic E-state index is 11.6. The number of aliphatic hydroxyl groups excluding tert-OH is 1. The predicted molar refractivity (Wildman–Crippen MR) is 67.7 cm³/mol. The number of benzene rings is 1. The third-order valence-electron chi connectivity index (χ3n) is 2.79. The Kier molecular flexibility index (Phi) is 5.11. The summed E-state index contributed by atoms with van der Waals surface area (Å²) < 4.78 is 23.2. The van der Waals surface area contributed by atoms with Crippen molar-refractivity contribution in [2.45, 2.75) is 24.3 Å². The fourth-order valence-electron chi connectivity index (χ4n) is 1.68. The molecule has 5 heteroatoms. The average Bonchev–Trinajstić information content (AvgIpc) is 2.36. The second-order valence-corrected chi connectivity index (χ2v) is 6.10. The van der Waals surface area contributed by atoms with Crippen LogP contribution in [0.4, 0.5) is 0 Å². The van der Waals surface area contributed by atoms with Crippen molar-refractivity contribution in [2.75, 3.05) is 19.4 Å². The maximum atomic E-state index is 11.6. The second kappa shape index (κ2) is 6.14. The molecule has 0 aliphatic carbocycles. The molecule has 0 aliphatic heterocycles. The lowest BCUT2D eigenvalue weighted by atomic mass is 10.0. The van der Waals surface area contributed by atoms with Crippen LogP contribution in [0.3, 0.4) is 0 Å². The Morgan fingerprint density at radius 2 is 1.88 bits per heavy atom. The molecule has 1 aromatic carbocycles. The third-order valence-corrected chi connectivity index (χ3v) is 4.54. The molecule has 0 aromatic heterocycles. The number of rotatable bonds is 6. The van der Waals surface area contributed by atoms with E-state index in [1.165, 1.54) is 0 Å². The Balaban J connectivity index is 2.95. The summed E-state index contributed by atoms with van der Waals surface area (Å²) in [6.45, 7) is 1.73. The first-order valence-corrected chi connectivity index (χ1v) is 7.31. The molecule has 1 unspecified atom stereocenters. The molecule has 0 saturated heterocycles. The SMILES string of the molecule is CCS(=O)(=O)c1ccc(C(CCO)NC)cc1. The van der Waals surface area contributed by atoms with E-state index in [4.69, 9.17) is 5.11 Å². The van der Waals surface area contributed by atoms with Gasteiger partial charge in [0.25, 0.3) is 0 Å². The van der Waals surface area contributed by atoms with Crippen LogP contribution in [0.1, 0.15) is 24.9 Å². The lowest BCUT2D eigenvalue weighted by molar-refractivity contribution is 0.269. The second-order valence-electron chi connectivity index (χ2n) is 3.83. The number of aliphatic hydroxyl groups is 1. The predicted octanol–water partition coefficient (Wildman–Crippen LogP) is 1.12. The van der Waals surface area contributed by atoms with E-state index >= 15 is 0 Å². The van der Waals surface area contributed by atoms with Gasteiger partial charge in [0.2, 0.25) is 0 Å². The minimum absolute atomic E-state index is 0.0541. The van der Waals surface area contributed by atoms with Crippen LogP contribution < -0.4 is 5.32 Å². The summed E-state index contributed by atoms with van der Waals surface area (Å²) in [7, 11) is -1.31. The van der Waals surface area contributed by atoms with E-state index < -0.39 is 9.84 Å². The van der Waals surface area contributed by atoms with Crippen molar-refractivity contribution in [2.24, 2.45) is 0 Å². The molecule has 0 saturated carbocycles. The minimum atomic E-state index is -3.13. The maximum Gasteiger partial charge on any atom is 0.178 e. The molecule has 4 nitrogen and oxygen atoms in total. The summed E-state index contributed by atoms with van der Waals surface area (Å²) in [4.78, 5) is 0.350. The molecular formula is C12H19NO3S. The number of hydrogen-bond acceptors (Lipinski definition) is 4. The smallest absolute Gasteiger partial charge is 0.178 e. The Morgan fingerprint density at radius 1 is 1.29 bits per heavy atom. The van der Waals surface area contributed by atoms with E-state index in [-0.39, 0.29) is 18.4 Å². The lowest BCUT2D eigenvalue weighted by Gasteiger charge is -2.15. The van der Waals surface area contributed by atoms with Crippen molar-refractivity contribution in [3.63, 3.8) is 0 Å². The van der Waals surface area contributed by atoms with E-state index in [2.05, 4.69) is 5.32 Å². The van der Waals surface area contributed by atoms with Gasteiger partial charge in [-0.15, -0.1) is 0 Å². The van der Waals surface area contributed by atoms with Gasteiger partial charge in [0.15, 0.2) is 9.84 Å². The van der Waals surface area contributed by atoms with Crippen molar-refractivity contribution in [3.8, 4) is 0 Å². The van der Waals surface area contributed by atoms with Gasteiger partial charge in [0, 0.05) is 12.6 Å². The highest BCUT2D eigenvalue weighted by Crippen LogP contribution is 2.19. The number of sulfone groups is 1. The molecule has 0 fully saturated rings. The summed E-state index contributed by atoms with van der Waals surface area (Å²) >= 11 is 0. The molecule has 0 heterocycles. The molecule has 0 aliphatic rings. The zero-order valence-corrected chi connectivity index (χ0v) is 11.0. The molecule has 1 atom stereocenters. The van der Waals surface area contributed by atoms with E-state index in [0.717, 1.165) is 5.56 Å². The highest BCUT2D eigenvalue weighted by atomic mass is 32.2. The van der Waals surface area contributed by atoms with Gasteiger partial charge in [0.05, 0.1) is 10.6 Å². The summed E-state index contributed by atoms with van der Waals surface area (Å²) in [6, 6.07) is 6.88. The first-order valence-electron chi connectivity index (χ1n) is 5.66. The third kappa shape index (κ3) is 3.52. The van der Waals surface area contributed by atoms with Gasteiger partial charge in [-0.1, -0.05) is 19.1 Å². The van der Waals surface area contributed by atoms with Gasteiger partial charge >= 0.3 is 0 Å². The zero-order valence-electron chi connectivity index (χ0n) is 10.2. The van der Waals surface area contributed by atoms with Gasteiger partial charge in [-0.25, -0.2) is 8.42 Å². The van der Waals surface area contributed by atoms with Crippen molar-refractivity contribution in [3.05, 3.63) is 29.8 Å². The molecule has 96 valence electrons. The molecule has 0 spiro atoms. The van der Waals surface area contributed by atoms with Crippen molar-refractivity contribution < 1.29 is 13.5 Å². The van der Waals surface area contributed by atoms with E-state index in [0.29, 0.717) is 11.3 Å². The van der Waals surface area contributed by atoms with Gasteiger partial charge in [0.1, 0.15) is 0 Å². The summed E-state index contributed by atoms with van der Waals surface area (Å²) in [5, 5.41) is 12.0. The molecule has 1 aromatic rings. The van der Waals surface area contributed by atoms with Crippen LogP contribution in [0.2, 0.25) is 0 Å². The van der Waals surface area contributed by atoms with Crippen molar-refractivity contribution in [1.29, 1.82) is 0 Å². The minimum Gasteiger partial charge on any atom is -0.396 e. The van der Waals surface area contributed by atoms with Crippen LogP contribution >= 0.6 is 0 Å². The normalized spacial score (nSPS) is 13.6. The number of nitrogens with one attached hydrogen (secondary N) is 1. The van der Waals surface area contributed by atoms with Gasteiger partial charge in [-0.2, -0.15) is 0 Å². The van der Waals surface area contributed by atoms with E-state index in [1.807, 2.05) is 7.05 Å². The lowest BCUT2D eigenvalue weighted by Crippen LogP contribution is -2.17. The molecule has 0 bridgehead atoms. The van der Waals surface area contributed by atoms with Crippen LogP contribution in [0.15, 0.2) is 29.2 Å². The number of hydrogen-bond donors (Lipinski definition) is 2. The van der Waals surface area contributed by atoms with Crippen LogP contribution in [0.25, 0.3) is 0 Å². The van der Waals surface area contributed by atoms with E-state index in [9.17, 15) is 8.42 Å². The van der Waals surface area contributed by atoms with Crippen LogP contribution in [0.5, 0.6) is 0 Å². The first-order chi connectivity index (χ1) is 8.05. The Hall–Kier alpha value is -0.910. The van der Waals surface area contributed by atoms with Gasteiger partial charge in [-0.3, -0.25) is 0 Å². The Bertz CT molecular complexity index is 439. The van der Waals surface area contributed by atoms with Crippen LogP contribution in [-0.4, -0.2) is 32.9 Å². The quantitative estimate of drug-likeness (QED) is 0.801.